The van der Waals surface area contributed by atoms with Gasteiger partial charge in [0.25, 0.3) is 0 Å². The van der Waals surface area contributed by atoms with Crippen molar-refractivity contribution in [1.82, 2.24) is 4.90 Å². The number of ether oxygens (including phenoxy) is 1. The number of hydrogen-bond acceptors (Lipinski definition) is 3. The smallest absolute Gasteiger partial charge is 0.118 e. The molecule has 0 aliphatic rings. The summed E-state index contributed by atoms with van der Waals surface area (Å²) in [5.74, 6) is 0.878. The van der Waals surface area contributed by atoms with E-state index in [-0.39, 0.29) is 6.04 Å². The van der Waals surface area contributed by atoms with E-state index < -0.39 is 0 Å². The molecule has 3 atom stereocenters. The average Bonchev–Trinajstić information content (AvgIpc) is 2.53. The summed E-state index contributed by atoms with van der Waals surface area (Å²) >= 11 is 0. The standard InChI is InChI=1S/C18H32N2O/c1-6-8-13-20(14(3)7-2)15(4)18(19)16-9-11-17(21-5)12-10-16/h9-12,14-15,18H,6-8,13,19H2,1-5H3. The van der Waals surface area contributed by atoms with Crippen LogP contribution in [-0.2, 0) is 0 Å². The molecule has 0 heterocycles. The first-order valence-corrected chi connectivity index (χ1v) is 8.20. The molecule has 3 nitrogen and oxygen atoms in total. The maximum absolute atomic E-state index is 6.51. The molecule has 1 aromatic carbocycles. The molecule has 3 unspecified atom stereocenters. The second-order valence-corrected chi connectivity index (χ2v) is 5.89. The largest absolute Gasteiger partial charge is 0.497 e. The number of rotatable bonds is 9. The molecule has 3 heteroatoms. The van der Waals surface area contributed by atoms with Crippen molar-refractivity contribution in [1.29, 1.82) is 0 Å². The normalized spacial score (nSPS) is 15.8. The molecular formula is C18H32N2O. The Kier molecular flexibility index (Phi) is 7.76. The van der Waals surface area contributed by atoms with E-state index >= 15 is 0 Å². The van der Waals surface area contributed by atoms with Gasteiger partial charge in [-0.25, -0.2) is 0 Å². The van der Waals surface area contributed by atoms with Crippen LogP contribution in [0.25, 0.3) is 0 Å². The summed E-state index contributed by atoms with van der Waals surface area (Å²) in [4.78, 5) is 2.55. The van der Waals surface area contributed by atoms with Crippen molar-refractivity contribution in [3.63, 3.8) is 0 Å². The van der Waals surface area contributed by atoms with Crippen LogP contribution in [0.15, 0.2) is 24.3 Å². The van der Waals surface area contributed by atoms with Crippen molar-refractivity contribution >= 4 is 0 Å². The fourth-order valence-electron chi connectivity index (χ4n) is 2.71. The lowest BCUT2D eigenvalue weighted by Gasteiger charge is -2.37. The Bertz CT molecular complexity index is 391. The number of unbranched alkanes of at least 4 members (excludes halogenated alkanes) is 1. The number of methoxy groups -OCH3 is 1. The Morgan fingerprint density at radius 2 is 1.76 bits per heavy atom. The van der Waals surface area contributed by atoms with Gasteiger partial charge in [-0.15, -0.1) is 0 Å². The first-order valence-electron chi connectivity index (χ1n) is 8.20. The molecular weight excluding hydrogens is 260 g/mol. The topological polar surface area (TPSA) is 38.5 Å². The van der Waals surface area contributed by atoms with Crippen molar-refractivity contribution < 1.29 is 4.74 Å². The number of nitrogens with two attached hydrogens (primary N) is 1. The minimum absolute atomic E-state index is 0.0294. The Morgan fingerprint density at radius 1 is 1.14 bits per heavy atom. The molecule has 2 N–H and O–H groups in total. The van der Waals surface area contributed by atoms with Crippen LogP contribution < -0.4 is 10.5 Å². The quantitative estimate of drug-likeness (QED) is 0.748. The molecule has 0 aliphatic heterocycles. The van der Waals surface area contributed by atoms with E-state index in [9.17, 15) is 0 Å². The summed E-state index contributed by atoms with van der Waals surface area (Å²) in [6.45, 7) is 10.2. The van der Waals surface area contributed by atoms with Crippen molar-refractivity contribution in [3.05, 3.63) is 29.8 Å². The molecule has 1 aromatic rings. The fraction of sp³-hybridized carbons (Fsp3) is 0.667. The average molecular weight is 292 g/mol. The molecule has 1 rings (SSSR count). The van der Waals surface area contributed by atoms with Gasteiger partial charge in [-0.3, -0.25) is 4.90 Å². The lowest BCUT2D eigenvalue weighted by Crippen LogP contribution is -2.46. The third-order valence-electron chi connectivity index (χ3n) is 4.47. The minimum atomic E-state index is 0.0294. The van der Waals surface area contributed by atoms with E-state index in [1.165, 1.54) is 18.4 Å². The van der Waals surface area contributed by atoms with Crippen LogP contribution in [0.2, 0.25) is 0 Å². The Hall–Kier alpha value is -1.06. The molecule has 0 aromatic heterocycles. The fourth-order valence-corrected chi connectivity index (χ4v) is 2.71. The molecule has 0 fully saturated rings. The monoisotopic (exact) mass is 292 g/mol. The third kappa shape index (κ3) is 5.01. The van der Waals surface area contributed by atoms with Crippen molar-refractivity contribution in [3.8, 4) is 5.75 Å². The Labute approximate surface area is 130 Å². The van der Waals surface area contributed by atoms with Gasteiger partial charge >= 0.3 is 0 Å². The van der Waals surface area contributed by atoms with E-state index in [2.05, 4.69) is 44.7 Å². The van der Waals surface area contributed by atoms with E-state index in [0.717, 1.165) is 18.7 Å². The Balaban J connectivity index is 2.81. The van der Waals surface area contributed by atoms with Gasteiger partial charge in [-0.05, 0) is 50.9 Å². The van der Waals surface area contributed by atoms with Crippen molar-refractivity contribution in [2.45, 2.75) is 65.1 Å². The van der Waals surface area contributed by atoms with Gasteiger partial charge in [0.15, 0.2) is 0 Å². The van der Waals surface area contributed by atoms with Gasteiger partial charge in [0.1, 0.15) is 5.75 Å². The number of benzene rings is 1. The predicted molar refractivity (Wildman–Crippen MR) is 90.8 cm³/mol. The maximum Gasteiger partial charge on any atom is 0.118 e. The highest BCUT2D eigenvalue weighted by atomic mass is 16.5. The predicted octanol–water partition coefficient (Wildman–Crippen LogP) is 3.98. The zero-order valence-electron chi connectivity index (χ0n) is 14.3. The molecule has 0 spiro atoms. The second kappa shape index (κ2) is 9.06. The van der Waals surface area contributed by atoms with Crippen molar-refractivity contribution in [2.24, 2.45) is 5.73 Å². The summed E-state index contributed by atoms with van der Waals surface area (Å²) < 4.78 is 5.21. The van der Waals surface area contributed by atoms with Crippen LogP contribution in [-0.4, -0.2) is 30.6 Å². The first kappa shape index (κ1) is 18.0. The van der Waals surface area contributed by atoms with E-state index in [1.807, 2.05) is 12.1 Å². The molecule has 0 radical (unpaired) electrons. The van der Waals surface area contributed by atoms with Crippen LogP contribution in [0.1, 0.15) is 58.6 Å². The van der Waals surface area contributed by atoms with Crippen molar-refractivity contribution in [2.75, 3.05) is 13.7 Å². The molecule has 21 heavy (non-hydrogen) atoms. The molecule has 0 amide bonds. The van der Waals surface area contributed by atoms with Gasteiger partial charge in [-0.1, -0.05) is 32.4 Å². The Morgan fingerprint density at radius 3 is 2.24 bits per heavy atom. The summed E-state index contributed by atoms with van der Waals surface area (Å²) in [6.07, 6.45) is 3.60. The number of hydrogen-bond donors (Lipinski definition) is 1. The maximum atomic E-state index is 6.51. The highest BCUT2D eigenvalue weighted by Gasteiger charge is 2.24. The van der Waals surface area contributed by atoms with Crippen LogP contribution in [0.5, 0.6) is 5.75 Å². The molecule has 0 aliphatic carbocycles. The van der Waals surface area contributed by atoms with E-state index in [0.29, 0.717) is 12.1 Å². The van der Waals surface area contributed by atoms with E-state index in [1.54, 1.807) is 7.11 Å². The SMILES string of the molecule is CCCCN(C(C)CC)C(C)C(N)c1ccc(OC)cc1. The summed E-state index contributed by atoms with van der Waals surface area (Å²) in [5, 5.41) is 0. The molecule has 120 valence electrons. The van der Waals surface area contributed by atoms with Gasteiger partial charge in [-0.2, -0.15) is 0 Å². The summed E-state index contributed by atoms with van der Waals surface area (Å²) in [6, 6.07) is 9.06. The van der Waals surface area contributed by atoms with Crippen LogP contribution in [0.3, 0.4) is 0 Å². The van der Waals surface area contributed by atoms with Gasteiger partial charge < -0.3 is 10.5 Å². The van der Waals surface area contributed by atoms with Crippen LogP contribution >= 0.6 is 0 Å². The van der Waals surface area contributed by atoms with Crippen LogP contribution in [0, 0.1) is 0 Å². The first-order chi connectivity index (χ1) is 10.0. The van der Waals surface area contributed by atoms with Crippen LogP contribution in [0.4, 0.5) is 0 Å². The van der Waals surface area contributed by atoms with E-state index in [4.69, 9.17) is 10.5 Å². The molecule has 0 bridgehead atoms. The lowest BCUT2D eigenvalue weighted by atomic mass is 9.98. The third-order valence-corrected chi connectivity index (χ3v) is 4.47. The second-order valence-electron chi connectivity index (χ2n) is 5.89. The molecule has 0 saturated carbocycles. The highest BCUT2D eigenvalue weighted by molar-refractivity contribution is 5.29. The summed E-state index contributed by atoms with van der Waals surface area (Å²) in [5.41, 5.74) is 7.69. The highest BCUT2D eigenvalue weighted by Crippen LogP contribution is 2.23. The minimum Gasteiger partial charge on any atom is -0.497 e. The number of nitrogens with zero attached hydrogens (tertiary/aromatic N) is 1. The van der Waals surface area contributed by atoms with Gasteiger partial charge in [0.05, 0.1) is 7.11 Å². The summed E-state index contributed by atoms with van der Waals surface area (Å²) in [7, 11) is 1.69. The van der Waals surface area contributed by atoms with Gasteiger partial charge in [0, 0.05) is 18.1 Å². The molecule has 0 saturated heterocycles. The lowest BCUT2D eigenvalue weighted by molar-refractivity contribution is 0.128. The van der Waals surface area contributed by atoms with Gasteiger partial charge in [0.2, 0.25) is 0 Å². The zero-order valence-corrected chi connectivity index (χ0v) is 14.3. The zero-order chi connectivity index (χ0) is 15.8.